The van der Waals surface area contributed by atoms with Crippen LogP contribution in [0.25, 0.3) is 22.3 Å². The Balaban J connectivity index is 2.06. The molecule has 1 unspecified atom stereocenters. The second-order valence-electron chi connectivity index (χ2n) is 6.42. The third-order valence-corrected chi connectivity index (χ3v) is 4.51. The highest BCUT2D eigenvalue weighted by atomic mass is 19.1. The molecule has 26 heavy (non-hydrogen) atoms. The van der Waals surface area contributed by atoms with E-state index in [-0.39, 0.29) is 18.1 Å². The molecule has 0 fully saturated rings. The van der Waals surface area contributed by atoms with Crippen molar-refractivity contribution in [2.24, 2.45) is 7.05 Å². The molecular formula is C19H22FN3O3. The van der Waals surface area contributed by atoms with Crippen LogP contribution >= 0.6 is 0 Å². The third kappa shape index (κ3) is 3.40. The topological polar surface area (TPSA) is 69.3 Å². The molecule has 2 aromatic heterocycles. The van der Waals surface area contributed by atoms with Crippen LogP contribution in [0.2, 0.25) is 0 Å². The molecule has 3 rings (SSSR count). The molecule has 0 aliphatic rings. The predicted octanol–water partition coefficient (Wildman–Crippen LogP) is 2.25. The summed E-state index contributed by atoms with van der Waals surface area (Å²) < 4.78 is 21.5. The molecule has 6 nitrogen and oxygen atoms in total. The van der Waals surface area contributed by atoms with Crippen molar-refractivity contribution in [2.75, 3.05) is 13.7 Å². The number of fused-ring (bicyclic) bond motifs is 1. The second kappa shape index (κ2) is 7.39. The minimum absolute atomic E-state index is 0.160. The lowest BCUT2D eigenvalue weighted by atomic mass is 10.0. The highest BCUT2D eigenvalue weighted by Crippen LogP contribution is 2.24. The summed E-state index contributed by atoms with van der Waals surface area (Å²) in [7, 11) is 3.22. The van der Waals surface area contributed by atoms with Gasteiger partial charge < -0.3 is 9.84 Å². The van der Waals surface area contributed by atoms with Gasteiger partial charge in [-0.15, -0.1) is 0 Å². The minimum Gasteiger partial charge on any atom is -0.391 e. The minimum atomic E-state index is -0.699. The number of aromatic nitrogens is 3. The van der Waals surface area contributed by atoms with E-state index in [0.29, 0.717) is 29.8 Å². The molecule has 3 aromatic rings. The molecule has 0 aliphatic heterocycles. The highest BCUT2D eigenvalue weighted by Gasteiger charge is 2.16. The normalized spacial score (nSPS) is 12.7. The van der Waals surface area contributed by atoms with Gasteiger partial charge in [0.2, 0.25) is 0 Å². The van der Waals surface area contributed by atoms with Crippen LogP contribution in [0.1, 0.15) is 12.0 Å². The summed E-state index contributed by atoms with van der Waals surface area (Å²) in [5.41, 5.74) is 3.08. The largest absolute Gasteiger partial charge is 0.391 e. The lowest BCUT2D eigenvalue weighted by Gasteiger charge is -2.11. The summed E-state index contributed by atoms with van der Waals surface area (Å²) in [4.78, 5) is 16.9. The number of ether oxygens (including phenoxy) is 1. The van der Waals surface area contributed by atoms with Gasteiger partial charge in [-0.25, -0.2) is 14.2 Å². The zero-order valence-corrected chi connectivity index (χ0v) is 15.1. The Morgan fingerprint density at radius 2 is 2.08 bits per heavy atom. The summed E-state index contributed by atoms with van der Waals surface area (Å²) in [6, 6.07) is 6.70. The van der Waals surface area contributed by atoms with Crippen LogP contribution in [0.3, 0.4) is 0 Å². The van der Waals surface area contributed by atoms with E-state index in [1.807, 2.05) is 6.07 Å². The van der Waals surface area contributed by atoms with Gasteiger partial charge in [0.1, 0.15) is 5.82 Å². The zero-order valence-electron chi connectivity index (χ0n) is 15.1. The molecule has 0 radical (unpaired) electrons. The van der Waals surface area contributed by atoms with Gasteiger partial charge in [-0.2, -0.15) is 0 Å². The van der Waals surface area contributed by atoms with Gasteiger partial charge in [-0.05, 0) is 42.7 Å². The van der Waals surface area contributed by atoms with Crippen molar-refractivity contribution in [2.45, 2.75) is 26.0 Å². The Labute approximate surface area is 150 Å². The maximum absolute atomic E-state index is 13.5. The number of aliphatic hydroxyl groups excluding tert-OH is 1. The van der Waals surface area contributed by atoms with E-state index in [9.17, 15) is 14.3 Å². The summed E-state index contributed by atoms with van der Waals surface area (Å²) in [5.74, 6) is -0.263. The van der Waals surface area contributed by atoms with Crippen molar-refractivity contribution in [3.63, 3.8) is 0 Å². The fourth-order valence-electron chi connectivity index (χ4n) is 2.99. The first-order chi connectivity index (χ1) is 12.4. The van der Waals surface area contributed by atoms with Gasteiger partial charge in [0, 0.05) is 32.5 Å². The number of halogens is 1. The Morgan fingerprint density at radius 3 is 2.77 bits per heavy atom. The van der Waals surface area contributed by atoms with Gasteiger partial charge in [0.05, 0.1) is 18.2 Å². The van der Waals surface area contributed by atoms with Gasteiger partial charge >= 0.3 is 5.69 Å². The van der Waals surface area contributed by atoms with Crippen LogP contribution in [0.15, 0.2) is 35.3 Å². The Morgan fingerprint density at radius 1 is 1.31 bits per heavy atom. The monoisotopic (exact) mass is 359 g/mol. The smallest absolute Gasteiger partial charge is 0.330 e. The maximum Gasteiger partial charge on any atom is 0.330 e. The van der Waals surface area contributed by atoms with Crippen LogP contribution in [0.5, 0.6) is 0 Å². The van der Waals surface area contributed by atoms with Gasteiger partial charge in [-0.3, -0.25) is 9.13 Å². The van der Waals surface area contributed by atoms with Crippen molar-refractivity contribution in [1.29, 1.82) is 0 Å². The van der Waals surface area contributed by atoms with Crippen LogP contribution in [-0.2, 0) is 18.3 Å². The highest BCUT2D eigenvalue weighted by molar-refractivity contribution is 5.79. The molecule has 0 aliphatic carbocycles. The van der Waals surface area contributed by atoms with E-state index in [1.165, 1.54) is 15.2 Å². The molecule has 138 valence electrons. The molecule has 2 heterocycles. The number of benzene rings is 1. The van der Waals surface area contributed by atoms with E-state index in [1.54, 1.807) is 39.4 Å². The molecule has 0 amide bonds. The van der Waals surface area contributed by atoms with Crippen molar-refractivity contribution in [1.82, 2.24) is 14.1 Å². The number of nitrogens with zero attached hydrogens (tertiary/aromatic N) is 3. The van der Waals surface area contributed by atoms with E-state index in [0.717, 1.165) is 11.1 Å². The number of imidazole rings is 1. The molecular weight excluding hydrogens is 337 g/mol. The van der Waals surface area contributed by atoms with Crippen molar-refractivity contribution in [3.05, 3.63) is 52.3 Å². The summed E-state index contributed by atoms with van der Waals surface area (Å²) in [6.07, 6.45) is 1.40. The van der Waals surface area contributed by atoms with Crippen molar-refractivity contribution in [3.8, 4) is 11.1 Å². The van der Waals surface area contributed by atoms with E-state index in [4.69, 9.17) is 4.74 Å². The number of rotatable bonds is 6. The molecule has 0 saturated heterocycles. The SMILES string of the molecule is COCCC(O)Cn1c(=O)n(C)c2ncc(-c3ccc(F)c(C)c3)cc21. The molecule has 1 N–H and O–H groups in total. The fourth-order valence-corrected chi connectivity index (χ4v) is 2.99. The van der Waals surface area contributed by atoms with Crippen LogP contribution < -0.4 is 5.69 Å². The van der Waals surface area contributed by atoms with Crippen LogP contribution in [-0.4, -0.2) is 39.0 Å². The van der Waals surface area contributed by atoms with Crippen molar-refractivity contribution < 1.29 is 14.2 Å². The number of aryl methyl sites for hydroxylation is 2. The quantitative estimate of drug-likeness (QED) is 0.733. The Bertz CT molecular complexity index is 994. The Hall–Kier alpha value is -2.51. The van der Waals surface area contributed by atoms with Gasteiger partial charge in [-0.1, -0.05) is 6.07 Å². The molecule has 0 spiro atoms. The van der Waals surface area contributed by atoms with Crippen LogP contribution in [0, 0.1) is 12.7 Å². The summed E-state index contributed by atoms with van der Waals surface area (Å²) in [6.45, 7) is 2.28. The molecule has 1 aromatic carbocycles. The summed E-state index contributed by atoms with van der Waals surface area (Å²) in [5, 5.41) is 10.2. The molecule has 7 heteroatoms. The second-order valence-corrected chi connectivity index (χ2v) is 6.42. The van der Waals surface area contributed by atoms with E-state index >= 15 is 0 Å². The molecule has 0 saturated carbocycles. The lowest BCUT2D eigenvalue weighted by molar-refractivity contribution is 0.0978. The lowest BCUT2D eigenvalue weighted by Crippen LogP contribution is -2.28. The molecule has 0 bridgehead atoms. The number of methoxy groups -OCH3 is 1. The number of hydrogen-bond donors (Lipinski definition) is 1. The molecule has 1 atom stereocenters. The van der Waals surface area contributed by atoms with E-state index < -0.39 is 6.10 Å². The fraction of sp³-hybridized carbons (Fsp3) is 0.368. The first kappa shape index (κ1) is 18.3. The Kier molecular flexibility index (Phi) is 5.20. The maximum atomic E-state index is 13.5. The standard InChI is InChI=1S/C19H22FN3O3/c1-12-8-13(4-5-16(12)20)14-9-17-18(21-10-14)22(2)19(25)23(17)11-15(24)6-7-26-3/h4-5,8-10,15,24H,6-7,11H2,1-3H3. The number of pyridine rings is 1. The van der Waals surface area contributed by atoms with Gasteiger partial charge in [0.15, 0.2) is 5.65 Å². The predicted molar refractivity (Wildman–Crippen MR) is 97.6 cm³/mol. The zero-order chi connectivity index (χ0) is 18.8. The number of hydrogen-bond acceptors (Lipinski definition) is 4. The van der Waals surface area contributed by atoms with Crippen molar-refractivity contribution >= 4 is 11.2 Å². The van der Waals surface area contributed by atoms with Gasteiger partial charge in [0.25, 0.3) is 0 Å². The first-order valence-corrected chi connectivity index (χ1v) is 8.41. The third-order valence-electron chi connectivity index (χ3n) is 4.51. The summed E-state index contributed by atoms with van der Waals surface area (Å²) >= 11 is 0. The number of aliphatic hydroxyl groups is 1. The first-order valence-electron chi connectivity index (χ1n) is 8.41. The average molecular weight is 359 g/mol. The average Bonchev–Trinajstić information content (AvgIpc) is 2.86. The van der Waals surface area contributed by atoms with E-state index in [2.05, 4.69) is 4.98 Å². The van der Waals surface area contributed by atoms with Crippen LogP contribution in [0.4, 0.5) is 4.39 Å².